The number of rotatable bonds is 2. The SMILES string of the molecule is O=S1(=O)CCCN1Cc1cc(F)ccc1Br. The van der Waals surface area contributed by atoms with Gasteiger partial charge in [-0.05, 0) is 30.2 Å². The van der Waals surface area contributed by atoms with Crippen molar-refractivity contribution in [1.29, 1.82) is 0 Å². The van der Waals surface area contributed by atoms with Crippen LogP contribution in [0.4, 0.5) is 4.39 Å². The van der Waals surface area contributed by atoms with E-state index in [0.29, 0.717) is 18.5 Å². The van der Waals surface area contributed by atoms with Crippen molar-refractivity contribution < 1.29 is 12.8 Å². The molecule has 2 rings (SSSR count). The Balaban J connectivity index is 2.24. The summed E-state index contributed by atoms with van der Waals surface area (Å²) in [7, 11) is -3.12. The fraction of sp³-hybridized carbons (Fsp3) is 0.400. The van der Waals surface area contributed by atoms with Gasteiger partial charge in [-0.15, -0.1) is 0 Å². The van der Waals surface area contributed by atoms with Crippen LogP contribution < -0.4 is 0 Å². The molecule has 1 aromatic rings. The lowest BCUT2D eigenvalue weighted by Gasteiger charge is -2.15. The van der Waals surface area contributed by atoms with E-state index in [0.717, 1.165) is 4.47 Å². The minimum Gasteiger partial charge on any atom is -0.212 e. The Morgan fingerprint density at radius 1 is 1.44 bits per heavy atom. The zero-order valence-electron chi connectivity index (χ0n) is 8.49. The maximum Gasteiger partial charge on any atom is 0.214 e. The Bertz CT molecular complexity index is 504. The van der Waals surface area contributed by atoms with Crippen LogP contribution in [0.2, 0.25) is 0 Å². The molecule has 0 spiro atoms. The Kier molecular flexibility index (Phi) is 3.32. The van der Waals surface area contributed by atoms with Crippen molar-refractivity contribution in [3.8, 4) is 0 Å². The van der Waals surface area contributed by atoms with Crippen LogP contribution in [0.1, 0.15) is 12.0 Å². The summed E-state index contributed by atoms with van der Waals surface area (Å²) in [6.45, 7) is 0.756. The monoisotopic (exact) mass is 307 g/mol. The quantitative estimate of drug-likeness (QED) is 0.839. The van der Waals surface area contributed by atoms with Gasteiger partial charge in [0.05, 0.1) is 5.75 Å². The van der Waals surface area contributed by atoms with Crippen LogP contribution in [0.25, 0.3) is 0 Å². The van der Waals surface area contributed by atoms with Crippen molar-refractivity contribution in [2.24, 2.45) is 0 Å². The highest BCUT2D eigenvalue weighted by Gasteiger charge is 2.28. The molecule has 3 nitrogen and oxygen atoms in total. The maximum absolute atomic E-state index is 13.0. The molecule has 16 heavy (non-hydrogen) atoms. The number of halogens is 2. The summed E-state index contributed by atoms with van der Waals surface area (Å²) < 4.78 is 38.3. The smallest absolute Gasteiger partial charge is 0.212 e. The van der Waals surface area contributed by atoms with Crippen molar-refractivity contribution in [2.45, 2.75) is 13.0 Å². The summed E-state index contributed by atoms with van der Waals surface area (Å²) in [5, 5.41) is 0. The highest BCUT2D eigenvalue weighted by molar-refractivity contribution is 9.10. The third-order valence-corrected chi connectivity index (χ3v) is 5.23. The van der Waals surface area contributed by atoms with Crippen LogP contribution in [0, 0.1) is 5.82 Å². The lowest BCUT2D eigenvalue weighted by molar-refractivity contribution is 0.438. The van der Waals surface area contributed by atoms with E-state index in [1.807, 2.05) is 0 Å². The van der Waals surface area contributed by atoms with Crippen LogP contribution in [-0.2, 0) is 16.6 Å². The van der Waals surface area contributed by atoms with Gasteiger partial charge in [0.2, 0.25) is 10.0 Å². The first kappa shape index (κ1) is 12.0. The Labute approximate surface area is 102 Å². The topological polar surface area (TPSA) is 37.4 Å². The van der Waals surface area contributed by atoms with Crippen molar-refractivity contribution in [2.75, 3.05) is 12.3 Å². The van der Waals surface area contributed by atoms with E-state index in [1.54, 1.807) is 6.07 Å². The van der Waals surface area contributed by atoms with Crippen LogP contribution in [0.15, 0.2) is 22.7 Å². The van der Waals surface area contributed by atoms with E-state index in [-0.39, 0.29) is 18.1 Å². The minimum atomic E-state index is -3.12. The molecule has 0 amide bonds. The van der Waals surface area contributed by atoms with Gasteiger partial charge in [0.15, 0.2) is 0 Å². The van der Waals surface area contributed by atoms with Gasteiger partial charge < -0.3 is 0 Å². The van der Waals surface area contributed by atoms with Crippen molar-refractivity contribution >= 4 is 26.0 Å². The Hall–Kier alpha value is -0.460. The Morgan fingerprint density at radius 2 is 2.19 bits per heavy atom. The molecular weight excluding hydrogens is 297 g/mol. The minimum absolute atomic E-state index is 0.194. The van der Waals surface area contributed by atoms with Crippen molar-refractivity contribution in [1.82, 2.24) is 4.31 Å². The summed E-state index contributed by atoms with van der Waals surface area (Å²) in [5.74, 6) is -0.158. The van der Waals surface area contributed by atoms with Gasteiger partial charge in [-0.2, -0.15) is 4.31 Å². The average Bonchev–Trinajstić information content (AvgIpc) is 2.52. The molecule has 1 aromatic carbocycles. The predicted molar refractivity (Wildman–Crippen MR) is 62.9 cm³/mol. The summed E-state index contributed by atoms with van der Waals surface area (Å²) in [6, 6.07) is 4.29. The largest absolute Gasteiger partial charge is 0.214 e. The van der Waals surface area contributed by atoms with Crippen molar-refractivity contribution in [3.05, 3.63) is 34.1 Å². The van der Waals surface area contributed by atoms with Gasteiger partial charge in [0.1, 0.15) is 5.82 Å². The number of benzene rings is 1. The summed E-state index contributed by atoms with van der Waals surface area (Å²) in [4.78, 5) is 0. The van der Waals surface area contributed by atoms with E-state index in [2.05, 4.69) is 15.9 Å². The van der Waals surface area contributed by atoms with Gasteiger partial charge in [-0.3, -0.25) is 0 Å². The summed E-state index contributed by atoms with van der Waals surface area (Å²) in [5.41, 5.74) is 0.658. The molecule has 0 aliphatic carbocycles. The van der Waals surface area contributed by atoms with E-state index in [4.69, 9.17) is 0 Å². The van der Waals surface area contributed by atoms with E-state index in [1.165, 1.54) is 16.4 Å². The third kappa shape index (κ3) is 2.44. The normalized spacial score (nSPS) is 20.1. The standard InChI is InChI=1S/C10H11BrFNO2S/c11-10-3-2-9(12)6-8(10)7-13-4-1-5-16(13,14)15/h2-3,6H,1,4-5,7H2. The first-order chi connectivity index (χ1) is 7.49. The zero-order chi connectivity index (χ0) is 11.8. The fourth-order valence-corrected chi connectivity index (χ4v) is 3.59. The van der Waals surface area contributed by atoms with Gasteiger partial charge in [-0.1, -0.05) is 15.9 Å². The molecule has 1 aliphatic heterocycles. The van der Waals surface area contributed by atoms with Gasteiger partial charge in [-0.25, -0.2) is 12.8 Å². The Morgan fingerprint density at radius 3 is 2.81 bits per heavy atom. The number of hydrogen-bond donors (Lipinski definition) is 0. The van der Waals surface area contributed by atoms with Crippen LogP contribution in [0.5, 0.6) is 0 Å². The highest BCUT2D eigenvalue weighted by Crippen LogP contribution is 2.23. The van der Waals surface area contributed by atoms with Gasteiger partial charge >= 0.3 is 0 Å². The molecule has 0 aromatic heterocycles. The second kappa shape index (κ2) is 4.43. The van der Waals surface area contributed by atoms with Crippen LogP contribution in [-0.4, -0.2) is 25.0 Å². The number of sulfonamides is 1. The number of nitrogens with zero attached hydrogens (tertiary/aromatic N) is 1. The molecule has 1 aliphatic rings. The first-order valence-electron chi connectivity index (χ1n) is 4.91. The molecule has 1 saturated heterocycles. The predicted octanol–water partition coefficient (Wildman–Crippen LogP) is 2.12. The summed E-state index contributed by atoms with van der Waals surface area (Å²) in [6.07, 6.45) is 0.648. The molecule has 1 heterocycles. The second-order valence-corrected chi connectivity index (χ2v) is 6.68. The molecule has 88 valence electrons. The van der Waals surface area contributed by atoms with Gasteiger partial charge in [0, 0.05) is 17.6 Å². The summed E-state index contributed by atoms with van der Waals surface area (Å²) >= 11 is 3.29. The second-order valence-electron chi connectivity index (χ2n) is 3.74. The zero-order valence-corrected chi connectivity index (χ0v) is 10.9. The molecule has 6 heteroatoms. The molecule has 0 bridgehead atoms. The molecule has 0 radical (unpaired) electrons. The van der Waals surface area contributed by atoms with E-state index >= 15 is 0 Å². The molecular formula is C10H11BrFNO2S. The molecule has 0 saturated carbocycles. The van der Waals surface area contributed by atoms with E-state index < -0.39 is 10.0 Å². The fourth-order valence-electron chi connectivity index (χ4n) is 1.72. The molecule has 0 atom stereocenters. The molecule has 0 unspecified atom stereocenters. The lowest BCUT2D eigenvalue weighted by Crippen LogP contribution is -2.25. The first-order valence-corrected chi connectivity index (χ1v) is 7.31. The molecule has 1 fully saturated rings. The average molecular weight is 308 g/mol. The lowest BCUT2D eigenvalue weighted by atomic mass is 10.2. The number of hydrogen-bond acceptors (Lipinski definition) is 2. The maximum atomic E-state index is 13.0. The molecule has 0 N–H and O–H groups in total. The highest BCUT2D eigenvalue weighted by atomic mass is 79.9. The van der Waals surface area contributed by atoms with Gasteiger partial charge in [0.25, 0.3) is 0 Å². The van der Waals surface area contributed by atoms with Crippen molar-refractivity contribution in [3.63, 3.8) is 0 Å². The van der Waals surface area contributed by atoms with Crippen LogP contribution >= 0.6 is 15.9 Å². The van der Waals surface area contributed by atoms with Crippen LogP contribution in [0.3, 0.4) is 0 Å². The third-order valence-electron chi connectivity index (χ3n) is 2.56. The van der Waals surface area contributed by atoms with E-state index in [9.17, 15) is 12.8 Å².